The van der Waals surface area contributed by atoms with Crippen LogP contribution in [0.25, 0.3) is 0 Å². The first kappa shape index (κ1) is 14.1. The number of hydrogen-bond acceptors (Lipinski definition) is 6. The maximum atomic E-state index is 11.8. The zero-order valence-corrected chi connectivity index (χ0v) is 13.1. The van der Waals surface area contributed by atoms with Crippen LogP contribution in [0.4, 0.5) is 5.13 Å². The van der Waals surface area contributed by atoms with Gasteiger partial charge in [-0.3, -0.25) is 14.6 Å². The van der Waals surface area contributed by atoms with Crippen LogP contribution in [0.2, 0.25) is 0 Å². The third-order valence-corrected chi connectivity index (χ3v) is 4.80. The van der Waals surface area contributed by atoms with Gasteiger partial charge >= 0.3 is 0 Å². The maximum Gasteiger partial charge on any atom is 0.225 e. The van der Waals surface area contributed by atoms with Crippen LogP contribution in [0.1, 0.15) is 19.8 Å². The lowest BCUT2D eigenvalue weighted by molar-refractivity contribution is -0.116. The molecular formula is C12H18N4O2S2. The van der Waals surface area contributed by atoms with E-state index in [0.717, 1.165) is 48.2 Å². The van der Waals surface area contributed by atoms with Crippen molar-refractivity contribution >= 4 is 34.6 Å². The Balaban J connectivity index is 1.75. The number of carbonyl (C=O) groups excluding carboxylic acids is 1. The predicted octanol–water partition coefficient (Wildman–Crippen LogP) is 1.48. The van der Waals surface area contributed by atoms with E-state index in [1.54, 1.807) is 11.8 Å². The van der Waals surface area contributed by atoms with E-state index in [4.69, 9.17) is 17.0 Å². The Morgan fingerprint density at radius 3 is 2.80 bits per heavy atom. The lowest BCUT2D eigenvalue weighted by Crippen LogP contribution is -2.38. The van der Waals surface area contributed by atoms with Gasteiger partial charge in [-0.05, 0) is 25.1 Å². The summed E-state index contributed by atoms with van der Waals surface area (Å²) >= 11 is 6.80. The highest BCUT2D eigenvalue weighted by Gasteiger charge is 2.34. The summed E-state index contributed by atoms with van der Waals surface area (Å²) in [7, 11) is 0. The minimum Gasteiger partial charge on any atom is -0.379 e. The van der Waals surface area contributed by atoms with Crippen LogP contribution in [0.15, 0.2) is 0 Å². The minimum absolute atomic E-state index is 0.0507. The molecule has 6 nitrogen and oxygen atoms in total. The van der Waals surface area contributed by atoms with Gasteiger partial charge in [0.15, 0.2) is 3.95 Å². The van der Waals surface area contributed by atoms with Crippen molar-refractivity contribution < 1.29 is 9.53 Å². The van der Waals surface area contributed by atoms with Gasteiger partial charge < -0.3 is 4.74 Å². The van der Waals surface area contributed by atoms with Gasteiger partial charge in [-0.15, -0.1) is 5.10 Å². The number of aromatic nitrogens is 2. The lowest BCUT2D eigenvalue weighted by Gasteiger charge is -2.26. The second-order valence-corrected chi connectivity index (χ2v) is 6.74. The van der Waals surface area contributed by atoms with Gasteiger partial charge in [-0.2, -0.15) is 0 Å². The van der Waals surface area contributed by atoms with Crippen molar-refractivity contribution in [1.82, 2.24) is 14.7 Å². The molecule has 1 aliphatic heterocycles. The number of ether oxygens (including phenoxy) is 1. The summed E-state index contributed by atoms with van der Waals surface area (Å²) in [5.41, 5.74) is 0. The van der Waals surface area contributed by atoms with E-state index in [2.05, 4.69) is 10.00 Å². The Kier molecular flexibility index (Phi) is 4.16. The second kappa shape index (κ2) is 5.88. The fraction of sp³-hybridized carbons (Fsp3) is 0.750. The Morgan fingerprint density at radius 2 is 2.20 bits per heavy atom. The van der Waals surface area contributed by atoms with Gasteiger partial charge in [0.2, 0.25) is 11.0 Å². The monoisotopic (exact) mass is 314 g/mol. The van der Waals surface area contributed by atoms with Gasteiger partial charge in [0.05, 0.1) is 19.9 Å². The molecule has 20 heavy (non-hydrogen) atoms. The fourth-order valence-electron chi connectivity index (χ4n) is 2.29. The summed E-state index contributed by atoms with van der Waals surface area (Å²) in [5.74, 6) is 0.0507. The van der Waals surface area contributed by atoms with E-state index in [-0.39, 0.29) is 5.91 Å². The molecule has 0 N–H and O–H groups in total. The molecule has 0 atom stereocenters. The van der Waals surface area contributed by atoms with Crippen LogP contribution in [0.5, 0.6) is 0 Å². The zero-order valence-electron chi connectivity index (χ0n) is 11.4. The third-order valence-electron chi connectivity index (χ3n) is 3.49. The Morgan fingerprint density at radius 1 is 1.50 bits per heavy atom. The van der Waals surface area contributed by atoms with Gasteiger partial charge in [0, 0.05) is 26.1 Å². The number of anilines is 1. The molecule has 1 amide bonds. The van der Waals surface area contributed by atoms with Gasteiger partial charge in [0.1, 0.15) is 0 Å². The molecule has 2 heterocycles. The molecule has 0 unspecified atom stereocenters. The van der Waals surface area contributed by atoms with E-state index in [0.29, 0.717) is 12.7 Å². The van der Waals surface area contributed by atoms with Crippen molar-refractivity contribution in [2.45, 2.75) is 32.5 Å². The number of rotatable bonds is 4. The minimum atomic E-state index is 0.0507. The number of amides is 1. The maximum absolute atomic E-state index is 11.8. The number of hydrogen-bond donors (Lipinski definition) is 0. The second-order valence-electron chi connectivity index (χ2n) is 5.14. The van der Waals surface area contributed by atoms with Crippen LogP contribution < -0.4 is 4.90 Å². The zero-order chi connectivity index (χ0) is 14.1. The first-order chi connectivity index (χ1) is 9.65. The fourth-order valence-corrected chi connectivity index (χ4v) is 3.49. The number of nitrogens with zero attached hydrogens (tertiary/aromatic N) is 4. The molecule has 8 heteroatoms. The predicted molar refractivity (Wildman–Crippen MR) is 79.5 cm³/mol. The van der Waals surface area contributed by atoms with Crippen LogP contribution in [0, 0.1) is 3.95 Å². The molecule has 2 fully saturated rings. The molecule has 0 radical (unpaired) electrons. The van der Waals surface area contributed by atoms with Crippen LogP contribution in [-0.4, -0.2) is 52.9 Å². The Bertz CT molecular complexity index is 546. The first-order valence-electron chi connectivity index (χ1n) is 6.83. The molecule has 0 aromatic carbocycles. The molecule has 1 saturated heterocycles. The summed E-state index contributed by atoms with van der Waals surface area (Å²) < 4.78 is 7.87. The topological polar surface area (TPSA) is 50.6 Å². The molecule has 0 spiro atoms. The van der Waals surface area contributed by atoms with Crippen LogP contribution in [-0.2, 0) is 16.2 Å². The molecule has 1 saturated carbocycles. The normalized spacial score (nSPS) is 20.1. The molecule has 1 aliphatic carbocycles. The van der Waals surface area contributed by atoms with Gasteiger partial charge in [0.25, 0.3) is 0 Å². The van der Waals surface area contributed by atoms with Crippen molar-refractivity contribution in [3.63, 3.8) is 0 Å². The van der Waals surface area contributed by atoms with Crippen LogP contribution in [0.3, 0.4) is 0 Å². The summed E-state index contributed by atoms with van der Waals surface area (Å²) in [6.07, 6.45) is 2.13. The van der Waals surface area contributed by atoms with Crippen molar-refractivity contribution in [3.05, 3.63) is 3.95 Å². The Hall–Kier alpha value is -0.830. The van der Waals surface area contributed by atoms with E-state index >= 15 is 0 Å². The van der Waals surface area contributed by atoms with Gasteiger partial charge in [-0.1, -0.05) is 11.3 Å². The highest BCUT2D eigenvalue weighted by molar-refractivity contribution is 7.73. The summed E-state index contributed by atoms with van der Waals surface area (Å²) in [6.45, 7) is 5.57. The van der Waals surface area contributed by atoms with Crippen molar-refractivity contribution in [1.29, 1.82) is 0 Å². The molecule has 1 aromatic rings. The standard InChI is InChI=1S/C12H18N4O2S2/c1-9(17)16(10-2-3-10)11-13-15(12(19)20-11)8-14-4-6-18-7-5-14/h10H,2-8H2,1H3. The largest absolute Gasteiger partial charge is 0.379 e. The van der Waals surface area contributed by atoms with E-state index in [1.807, 2.05) is 4.68 Å². The van der Waals surface area contributed by atoms with E-state index < -0.39 is 0 Å². The summed E-state index contributed by atoms with van der Waals surface area (Å²) in [4.78, 5) is 15.8. The number of carbonyl (C=O) groups is 1. The first-order valence-corrected chi connectivity index (χ1v) is 8.05. The van der Waals surface area contributed by atoms with Crippen molar-refractivity contribution in [3.8, 4) is 0 Å². The van der Waals surface area contributed by atoms with Crippen molar-refractivity contribution in [2.75, 3.05) is 31.2 Å². The lowest BCUT2D eigenvalue weighted by atomic mass is 10.4. The van der Waals surface area contributed by atoms with Crippen molar-refractivity contribution in [2.24, 2.45) is 0 Å². The third kappa shape index (κ3) is 3.08. The highest BCUT2D eigenvalue weighted by Crippen LogP contribution is 2.33. The quantitative estimate of drug-likeness (QED) is 0.788. The number of morpholine rings is 1. The van der Waals surface area contributed by atoms with E-state index in [1.165, 1.54) is 11.3 Å². The SMILES string of the molecule is CC(=O)N(c1nn(CN2CCOCC2)c(=S)s1)C1CC1. The molecule has 3 rings (SSSR count). The average molecular weight is 314 g/mol. The molecular weight excluding hydrogens is 296 g/mol. The molecule has 110 valence electrons. The average Bonchev–Trinajstić information content (AvgIpc) is 3.17. The smallest absolute Gasteiger partial charge is 0.225 e. The summed E-state index contributed by atoms with van der Waals surface area (Å²) in [5, 5.41) is 5.27. The van der Waals surface area contributed by atoms with Crippen LogP contribution >= 0.6 is 23.6 Å². The molecule has 0 bridgehead atoms. The van der Waals surface area contributed by atoms with E-state index in [9.17, 15) is 4.79 Å². The Labute approximate surface area is 126 Å². The molecule has 2 aliphatic rings. The highest BCUT2D eigenvalue weighted by atomic mass is 32.1. The van der Waals surface area contributed by atoms with Gasteiger partial charge in [-0.25, -0.2) is 4.68 Å². The molecule has 1 aromatic heterocycles. The summed E-state index contributed by atoms with van der Waals surface area (Å²) in [6, 6.07) is 0.324.